The first kappa shape index (κ1) is 20.4. The molecule has 3 aromatic rings. The van der Waals surface area contributed by atoms with E-state index in [1.807, 2.05) is 49.4 Å². The van der Waals surface area contributed by atoms with Crippen LogP contribution in [0.4, 0.5) is 11.4 Å². The Morgan fingerprint density at radius 2 is 1.55 bits per heavy atom. The maximum Gasteiger partial charge on any atom is 0.282 e. The third-order valence-electron chi connectivity index (χ3n) is 5.45. The number of nitrogens with zero attached hydrogens (tertiary/aromatic N) is 1. The molecule has 156 valence electrons. The molecule has 0 aliphatic carbocycles. The lowest BCUT2D eigenvalue weighted by Crippen LogP contribution is -2.33. The van der Waals surface area contributed by atoms with Gasteiger partial charge in [-0.15, -0.1) is 0 Å². The molecule has 0 bridgehead atoms. The van der Waals surface area contributed by atoms with Gasteiger partial charge < -0.3 is 10.1 Å². The number of para-hydroxylation sites is 1. The van der Waals surface area contributed by atoms with E-state index in [1.165, 1.54) is 10.5 Å². The van der Waals surface area contributed by atoms with Gasteiger partial charge in [-0.1, -0.05) is 49.4 Å². The summed E-state index contributed by atoms with van der Waals surface area (Å²) in [4.78, 5) is 28.2. The van der Waals surface area contributed by atoms with Gasteiger partial charge in [0.25, 0.3) is 11.8 Å². The van der Waals surface area contributed by atoms with Crippen LogP contribution in [0.5, 0.6) is 5.75 Å². The lowest BCUT2D eigenvalue weighted by atomic mass is 10.0. The first-order chi connectivity index (χ1) is 15.0. The molecule has 3 aromatic carbocycles. The Bertz CT molecular complexity index is 1160. The molecule has 1 aliphatic heterocycles. The third kappa shape index (κ3) is 3.82. The molecule has 0 spiro atoms. The molecular weight excluding hydrogens is 388 g/mol. The second kappa shape index (κ2) is 8.48. The number of imide groups is 1. The Balaban J connectivity index is 1.80. The maximum absolute atomic E-state index is 13.5. The number of amides is 2. The highest BCUT2D eigenvalue weighted by Crippen LogP contribution is 2.35. The van der Waals surface area contributed by atoms with E-state index in [0.717, 1.165) is 17.7 Å². The monoisotopic (exact) mass is 412 g/mol. The number of aryl methyl sites for hydroxylation is 2. The fraction of sp³-hybridized carbons (Fsp3) is 0.154. The quantitative estimate of drug-likeness (QED) is 0.581. The standard InChI is InChI=1S/C26H24N2O3/c1-4-18-9-13-20(14-10-18)27-24-23(19-11-15-21(31-3)16-12-19)25(29)28(26(24)30)22-8-6-5-7-17(22)2/h5-16,27H,4H2,1-3H3. The molecule has 0 fully saturated rings. The van der Waals surface area contributed by atoms with Crippen LogP contribution in [0.3, 0.4) is 0 Å². The lowest BCUT2D eigenvalue weighted by Gasteiger charge is -2.17. The molecule has 0 unspecified atom stereocenters. The first-order valence-electron chi connectivity index (χ1n) is 10.2. The van der Waals surface area contributed by atoms with Gasteiger partial charge >= 0.3 is 0 Å². The normalized spacial score (nSPS) is 13.7. The Kier molecular flexibility index (Phi) is 5.58. The number of carbonyl (C=O) groups excluding carboxylic acids is 2. The number of nitrogens with one attached hydrogen (secondary N) is 1. The van der Waals surface area contributed by atoms with Crippen LogP contribution in [-0.4, -0.2) is 18.9 Å². The zero-order chi connectivity index (χ0) is 22.0. The van der Waals surface area contributed by atoms with Crippen molar-refractivity contribution >= 4 is 28.8 Å². The minimum Gasteiger partial charge on any atom is -0.497 e. The predicted molar refractivity (Wildman–Crippen MR) is 123 cm³/mol. The Labute approximate surface area is 182 Å². The van der Waals surface area contributed by atoms with Crippen molar-refractivity contribution in [3.8, 4) is 5.75 Å². The van der Waals surface area contributed by atoms with Crippen molar-refractivity contribution in [3.05, 3.63) is 95.2 Å². The van der Waals surface area contributed by atoms with Crippen molar-refractivity contribution in [1.82, 2.24) is 0 Å². The lowest BCUT2D eigenvalue weighted by molar-refractivity contribution is -0.120. The van der Waals surface area contributed by atoms with Gasteiger partial charge in [0.2, 0.25) is 0 Å². The molecule has 1 aliphatic rings. The van der Waals surface area contributed by atoms with E-state index < -0.39 is 0 Å². The number of methoxy groups -OCH3 is 1. The summed E-state index contributed by atoms with van der Waals surface area (Å²) >= 11 is 0. The minimum absolute atomic E-state index is 0.266. The van der Waals surface area contributed by atoms with Crippen LogP contribution in [-0.2, 0) is 16.0 Å². The van der Waals surface area contributed by atoms with E-state index in [0.29, 0.717) is 22.6 Å². The van der Waals surface area contributed by atoms with E-state index in [9.17, 15) is 9.59 Å². The van der Waals surface area contributed by atoms with E-state index in [-0.39, 0.29) is 17.5 Å². The molecule has 0 aromatic heterocycles. The number of hydrogen-bond acceptors (Lipinski definition) is 4. The van der Waals surface area contributed by atoms with Gasteiger partial charge in [-0.25, -0.2) is 4.90 Å². The number of benzene rings is 3. The molecule has 0 saturated heterocycles. The average Bonchev–Trinajstić information content (AvgIpc) is 3.04. The summed E-state index contributed by atoms with van der Waals surface area (Å²) in [5, 5.41) is 3.21. The molecule has 5 nitrogen and oxygen atoms in total. The van der Waals surface area contributed by atoms with Crippen molar-refractivity contribution < 1.29 is 14.3 Å². The average molecular weight is 412 g/mol. The molecule has 0 saturated carbocycles. The van der Waals surface area contributed by atoms with Crippen LogP contribution in [0.15, 0.2) is 78.5 Å². The van der Waals surface area contributed by atoms with E-state index >= 15 is 0 Å². The first-order valence-corrected chi connectivity index (χ1v) is 10.2. The van der Waals surface area contributed by atoms with E-state index in [4.69, 9.17) is 4.74 Å². The number of carbonyl (C=O) groups is 2. The fourth-order valence-electron chi connectivity index (χ4n) is 3.67. The topological polar surface area (TPSA) is 58.6 Å². The smallest absolute Gasteiger partial charge is 0.282 e. The SMILES string of the molecule is CCc1ccc(NC2=C(c3ccc(OC)cc3)C(=O)N(c3ccccc3C)C2=O)cc1. The van der Waals surface area contributed by atoms with Crippen LogP contribution < -0.4 is 15.0 Å². The van der Waals surface area contributed by atoms with Crippen LogP contribution in [0, 0.1) is 6.92 Å². The van der Waals surface area contributed by atoms with Crippen LogP contribution in [0.2, 0.25) is 0 Å². The Morgan fingerprint density at radius 1 is 0.871 bits per heavy atom. The van der Waals surface area contributed by atoms with Gasteiger partial charge in [-0.05, 0) is 60.4 Å². The zero-order valence-electron chi connectivity index (χ0n) is 17.8. The highest BCUT2D eigenvalue weighted by molar-refractivity contribution is 6.46. The van der Waals surface area contributed by atoms with Gasteiger partial charge in [-0.3, -0.25) is 9.59 Å². The van der Waals surface area contributed by atoms with Crippen molar-refractivity contribution in [2.45, 2.75) is 20.3 Å². The highest BCUT2D eigenvalue weighted by Gasteiger charge is 2.40. The summed E-state index contributed by atoms with van der Waals surface area (Å²) in [6, 6.07) is 22.4. The minimum atomic E-state index is -0.371. The molecule has 0 radical (unpaired) electrons. The molecular formula is C26H24N2O3. The Morgan fingerprint density at radius 3 is 2.16 bits per heavy atom. The summed E-state index contributed by atoms with van der Waals surface area (Å²) in [6.07, 6.45) is 0.929. The number of ether oxygens (including phenoxy) is 1. The highest BCUT2D eigenvalue weighted by atomic mass is 16.5. The summed E-state index contributed by atoms with van der Waals surface area (Å²) in [7, 11) is 1.59. The molecule has 2 amide bonds. The number of rotatable bonds is 6. The summed E-state index contributed by atoms with van der Waals surface area (Å²) in [5.41, 5.74) is 4.66. The van der Waals surface area contributed by atoms with Crippen molar-refractivity contribution in [2.24, 2.45) is 0 Å². The fourth-order valence-corrected chi connectivity index (χ4v) is 3.67. The van der Waals surface area contributed by atoms with Crippen LogP contribution >= 0.6 is 0 Å². The molecule has 1 N–H and O–H groups in total. The summed E-state index contributed by atoms with van der Waals surface area (Å²) in [5.74, 6) is -0.0385. The second-order valence-corrected chi connectivity index (χ2v) is 7.39. The molecule has 5 heteroatoms. The van der Waals surface area contributed by atoms with Crippen LogP contribution in [0.1, 0.15) is 23.6 Å². The van der Waals surface area contributed by atoms with Gasteiger partial charge in [0.1, 0.15) is 11.4 Å². The molecule has 1 heterocycles. The van der Waals surface area contributed by atoms with Crippen molar-refractivity contribution in [3.63, 3.8) is 0 Å². The molecule has 4 rings (SSSR count). The largest absolute Gasteiger partial charge is 0.497 e. The van der Waals surface area contributed by atoms with Crippen LogP contribution in [0.25, 0.3) is 5.57 Å². The predicted octanol–water partition coefficient (Wildman–Crippen LogP) is 4.96. The molecule has 0 atom stereocenters. The number of hydrogen-bond donors (Lipinski definition) is 1. The van der Waals surface area contributed by atoms with Gasteiger partial charge in [0, 0.05) is 5.69 Å². The second-order valence-electron chi connectivity index (χ2n) is 7.39. The maximum atomic E-state index is 13.5. The van der Waals surface area contributed by atoms with Crippen molar-refractivity contribution in [1.29, 1.82) is 0 Å². The van der Waals surface area contributed by atoms with Gasteiger partial charge in [0.05, 0.1) is 18.4 Å². The van der Waals surface area contributed by atoms with Crippen molar-refractivity contribution in [2.75, 3.05) is 17.3 Å². The molecule has 31 heavy (non-hydrogen) atoms. The van der Waals surface area contributed by atoms with Gasteiger partial charge in [-0.2, -0.15) is 0 Å². The summed E-state index contributed by atoms with van der Waals surface area (Å²) in [6.45, 7) is 3.98. The zero-order valence-corrected chi connectivity index (χ0v) is 17.8. The van der Waals surface area contributed by atoms with Gasteiger partial charge in [0.15, 0.2) is 0 Å². The summed E-state index contributed by atoms with van der Waals surface area (Å²) < 4.78 is 5.24. The van der Waals surface area contributed by atoms with E-state index in [1.54, 1.807) is 37.4 Å². The third-order valence-corrected chi connectivity index (χ3v) is 5.45. The Hall–Kier alpha value is -3.86. The number of anilines is 2. The van der Waals surface area contributed by atoms with E-state index in [2.05, 4.69) is 12.2 Å².